The van der Waals surface area contributed by atoms with Crippen LogP contribution in [-0.2, 0) is 11.2 Å². The average molecular weight is 291 g/mol. The van der Waals surface area contributed by atoms with E-state index in [1.54, 1.807) is 6.07 Å². The molecule has 0 spiro atoms. The summed E-state index contributed by atoms with van der Waals surface area (Å²) in [4.78, 5) is 12.2. The third kappa shape index (κ3) is 3.20. The molecule has 0 aromatic heterocycles. The summed E-state index contributed by atoms with van der Waals surface area (Å²) in [5.41, 5.74) is 1.08. The van der Waals surface area contributed by atoms with Crippen LogP contribution < -0.4 is 10.1 Å². The van der Waals surface area contributed by atoms with Crippen molar-refractivity contribution in [2.75, 3.05) is 6.54 Å². The zero-order valence-corrected chi connectivity index (χ0v) is 12.6. The maximum atomic E-state index is 13.2. The Morgan fingerprint density at radius 1 is 1.48 bits per heavy atom. The number of ether oxygens (including phenoxy) is 1. The second-order valence-corrected chi connectivity index (χ2v) is 6.88. The van der Waals surface area contributed by atoms with Crippen LogP contribution in [0.4, 0.5) is 4.39 Å². The minimum Gasteiger partial charge on any atom is -0.480 e. The lowest BCUT2D eigenvalue weighted by molar-refractivity contribution is -0.127. The highest BCUT2D eigenvalue weighted by molar-refractivity contribution is 5.82. The summed E-state index contributed by atoms with van der Waals surface area (Å²) in [6.45, 7) is 5.16. The zero-order valence-electron chi connectivity index (χ0n) is 12.6. The number of carbonyl (C=O) groups is 1. The summed E-state index contributed by atoms with van der Waals surface area (Å²) in [6.07, 6.45) is 3.49. The lowest BCUT2D eigenvalue weighted by Crippen LogP contribution is -2.40. The van der Waals surface area contributed by atoms with E-state index < -0.39 is 6.10 Å². The fourth-order valence-corrected chi connectivity index (χ4v) is 3.25. The van der Waals surface area contributed by atoms with Crippen LogP contribution in [0.15, 0.2) is 18.2 Å². The molecule has 1 N–H and O–H groups in total. The molecule has 1 atom stereocenters. The van der Waals surface area contributed by atoms with E-state index in [2.05, 4.69) is 19.2 Å². The van der Waals surface area contributed by atoms with E-state index in [9.17, 15) is 9.18 Å². The number of fused-ring (bicyclic) bond motifs is 1. The molecular formula is C17H22FNO2. The maximum absolute atomic E-state index is 13.2. The quantitative estimate of drug-likeness (QED) is 0.905. The van der Waals surface area contributed by atoms with Crippen molar-refractivity contribution in [1.82, 2.24) is 5.32 Å². The molecular weight excluding hydrogens is 269 g/mol. The van der Waals surface area contributed by atoms with Crippen molar-refractivity contribution in [3.8, 4) is 5.75 Å². The number of carbonyl (C=O) groups excluding carboxylic acids is 1. The molecule has 0 radical (unpaired) electrons. The molecule has 1 aliphatic carbocycles. The molecule has 3 rings (SSSR count). The Hall–Kier alpha value is -1.58. The minimum atomic E-state index is -0.517. The molecule has 1 amide bonds. The summed E-state index contributed by atoms with van der Waals surface area (Å²) in [6, 6.07) is 4.41. The van der Waals surface area contributed by atoms with Gasteiger partial charge < -0.3 is 10.1 Å². The highest BCUT2D eigenvalue weighted by atomic mass is 19.1. The van der Waals surface area contributed by atoms with Crippen molar-refractivity contribution in [1.29, 1.82) is 0 Å². The van der Waals surface area contributed by atoms with Gasteiger partial charge in [-0.25, -0.2) is 4.39 Å². The molecule has 1 aliphatic heterocycles. The topological polar surface area (TPSA) is 38.3 Å². The highest BCUT2D eigenvalue weighted by Crippen LogP contribution is 2.50. The van der Waals surface area contributed by atoms with Gasteiger partial charge in [-0.1, -0.05) is 13.8 Å². The van der Waals surface area contributed by atoms with Gasteiger partial charge in [0.1, 0.15) is 11.6 Å². The zero-order chi connectivity index (χ0) is 15.0. The van der Waals surface area contributed by atoms with Gasteiger partial charge in [0, 0.05) is 18.5 Å². The van der Waals surface area contributed by atoms with Crippen molar-refractivity contribution >= 4 is 5.91 Å². The predicted octanol–water partition coefficient (Wildman–Crippen LogP) is 3.07. The second kappa shape index (κ2) is 5.32. The number of hydrogen-bond acceptors (Lipinski definition) is 2. The third-order valence-corrected chi connectivity index (χ3v) is 4.43. The molecule has 114 valence electrons. The van der Waals surface area contributed by atoms with Crippen LogP contribution in [0.5, 0.6) is 5.75 Å². The molecule has 1 aromatic rings. The monoisotopic (exact) mass is 291 g/mol. The Morgan fingerprint density at radius 2 is 2.24 bits per heavy atom. The molecule has 0 unspecified atom stereocenters. The fraction of sp³-hybridized carbons (Fsp3) is 0.588. The number of halogens is 1. The van der Waals surface area contributed by atoms with Gasteiger partial charge in [-0.15, -0.1) is 0 Å². The Bertz CT molecular complexity index is 552. The first-order valence-corrected chi connectivity index (χ1v) is 7.70. The van der Waals surface area contributed by atoms with E-state index in [0.29, 0.717) is 23.5 Å². The summed E-state index contributed by atoms with van der Waals surface area (Å²) in [5.74, 6) is 0.910. The fourth-order valence-electron chi connectivity index (χ4n) is 3.25. The van der Waals surface area contributed by atoms with E-state index in [1.807, 2.05) is 0 Å². The van der Waals surface area contributed by atoms with E-state index in [-0.39, 0.29) is 11.7 Å². The molecule has 4 heteroatoms. The largest absolute Gasteiger partial charge is 0.480 e. The number of hydrogen-bond donors (Lipinski definition) is 1. The molecule has 0 bridgehead atoms. The number of benzene rings is 1. The van der Waals surface area contributed by atoms with Crippen LogP contribution in [-0.4, -0.2) is 18.6 Å². The van der Waals surface area contributed by atoms with Crippen molar-refractivity contribution in [3.63, 3.8) is 0 Å². The summed E-state index contributed by atoms with van der Waals surface area (Å²) in [5, 5.41) is 3.02. The first-order valence-electron chi connectivity index (χ1n) is 7.70. The molecule has 21 heavy (non-hydrogen) atoms. The minimum absolute atomic E-state index is 0.0818. The smallest absolute Gasteiger partial charge is 0.261 e. The van der Waals surface area contributed by atoms with Crippen LogP contribution in [0, 0.1) is 17.2 Å². The number of amides is 1. The van der Waals surface area contributed by atoms with Gasteiger partial charge in [-0.2, -0.15) is 0 Å². The van der Waals surface area contributed by atoms with Crippen molar-refractivity contribution in [3.05, 3.63) is 29.6 Å². The van der Waals surface area contributed by atoms with E-state index in [0.717, 1.165) is 18.5 Å². The molecule has 1 heterocycles. The van der Waals surface area contributed by atoms with Crippen molar-refractivity contribution in [2.45, 2.75) is 45.6 Å². The van der Waals surface area contributed by atoms with Crippen LogP contribution in [0.3, 0.4) is 0 Å². The van der Waals surface area contributed by atoms with Gasteiger partial charge in [0.25, 0.3) is 5.91 Å². The second-order valence-electron chi connectivity index (χ2n) is 6.88. The van der Waals surface area contributed by atoms with Gasteiger partial charge in [0.05, 0.1) is 0 Å². The summed E-state index contributed by atoms with van der Waals surface area (Å²) >= 11 is 0. The highest BCUT2D eigenvalue weighted by Gasteiger charge is 2.43. The van der Waals surface area contributed by atoms with Gasteiger partial charge in [0.15, 0.2) is 6.10 Å². The van der Waals surface area contributed by atoms with Crippen molar-refractivity contribution < 1.29 is 13.9 Å². The van der Waals surface area contributed by atoms with Gasteiger partial charge >= 0.3 is 0 Å². The van der Waals surface area contributed by atoms with Gasteiger partial charge in [-0.3, -0.25) is 4.79 Å². The molecule has 2 aliphatic rings. The Kier molecular flexibility index (Phi) is 3.64. The van der Waals surface area contributed by atoms with Crippen LogP contribution >= 0.6 is 0 Å². The maximum Gasteiger partial charge on any atom is 0.261 e. The van der Waals surface area contributed by atoms with Crippen LogP contribution in [0.25, 0.3) is 0 Å². The molecule has 1 fully saturated rings. The molecule has 1 aromatic carbocycles. The first kappa shape index (κ1) is 14.4. The lowest BCUT2D eigenvalue weighted by atomic mass is 9.94. The van der Waals surface area contributed by atoms with E-state index in [4.69, 9.17) is 4.74 Å². The van der Waals surface area contributed by atoms with Crippen LogP contribution in [0.2, 0.25) is 0 Å². The summed E-state index contributed by atoms with van der Waals surface area (Å²) < 4.78 is 18.8. The van der Waals surface area contributed by atoms with E-state index in [1.165, 1.54) is 25.0 Å². The Balaban J connectivity index is 1.54. The van der Waals surface area contributed by atoms with Crippen molar-refractivity contribution in [2.24, 2.45) is 11.3 Å². The Labute approximate surface area is 124 Å². The third-order valence-electron chi connectivity index (χ3n) is 4.43. The normalized spacial score (nSPS) is 21.8. The van der Waals surface area contributed by atoms with Gasteiger partial charge in [-0.05, 0) is 48.8 Å². The molecule has 1 saturated carbocycles. The van der Waals surface area contributed by atoms with Crippen LogP contribution in [0.1, 0.15) is 38.7 Å². The molecule has 0 saturated heterocycles. The Morgan fingerprint density at radius 3 is 2.90 bits per heavy atom. The summed E-state index contributed by atoms with van der Waals surface area (Å²) in [7, 11) is 0. The SMILES string of the molecule is CC(C)CC1(CNC(=O)[C@@H]2Cc3cc(F)ccc3O2)CC1. The number of rotatable bonds is 5. The average Bonchev–Trinajstić information content (AvgIpc) is 3.03. The van der Waals surface area contributed by atoms with E-state index >= 15 is 0 Å². The first-order chi connectivity index (χ1) is 9.97. The predicted molar refractivity (Wildman–Crippen MR) is 78.7 cm³/mol. The van der Waals surface area contributed by atoms with Gasteiger partial charge in [0.2, 0.25) is 0 Å². The lowest BCUT2D eigenvalue weighted by Gasteiger charge is -2.19. The standard InChI is InChI=1S/C17H22FNO2/c1-11(2)9-17(5-6-17)10-19-16(20)15-8-12-7-13(18)3-4-14(12)21-15/h3-4,7,11,15H,5-6,8-10H2,1-2H3,(H,19,20)/t15-/m0/s1. The number of nitrogens with one attached hydrogen (secondary N) is 1. The molecule has 3 nitrogen and oxygen atoms in total.